The third kappa shape index (κ3) is 7.60. The summed E-state index contributed by atoms with van der Waals surface area (Å²) in [5, 5.41) is 17.2. The number of hydrogen-bond acceptors (Lipinski definition) is 12. The Morgan fingerprint density at radius 3 is 2.45 bits per heavy atom. The van der Waals surface area contributed by atoms with Crippen LogP contribution in [0.4, 0.5) is 27.4 Å². The zero-order chi connectivity index (χ0) is 45.3. The maximum atomic E-state index is 15.6. The number of carbonyl (C=O) groups excluding carboxylic acids is 3. The first-order chi connectivity index (χ1) is 31.9. The van der Waals surface area contributed by atoms with Crippen LogP contribution in [-0.2, 0) is 28.3 Å². The average Bonchev–Trinajstić information content (AvgIpc) is 3.96. The number of nitrogens with zero attached hydrogens (tertiary/aromatic N) is 9. The van der Waals surface area contributed by atoms with E-state index in [-0.39, 0.29) is 42.2 Å². The minimum Gasteiger partial charge on any atom is -0.384 e. The number of piperidine rings is 3. The van der Waals surface area contributed by atoms with Crippen LogP contribution in [0.5, 0.6) is 0 Å². The summed E-state index contributed by atoms with van der Waals surface area (Å²) in [5.74, 6) is -0.725. The Bertz CT molecular complexity index is 2840. The number of anilines is 4. The van der Waals surface area contributed by atoms with Gasteiger partial charge in [-0.1, -0.05) is 18.2 Å². The van der Waals surface area contributed by atoms with Crippen LogP contribution < -0.4 is 26.0 Å². The molecule has 3 N–H and O–H groups in total. The Hall–Kier alpha value is -6.46. The second-order valence-electron chi connectivity index (χ2n) is 19.3. The Morgan fingerprint density at radius 2 is 1.67 bits per heavy atom. The van der Waals surface area contributed by atoms with Crippen molar-refractivity contribution < 1.29 is 23.9 Å². The van der Waals surface area contributed by atoms with Crippen LogP contribution in [0, 0.1) is 11.2 Å². The largest absolute Gasteiger partial charge is 0.384 e. The summed E-state index contributed by atoms with van der Waals surface area (Å²) in [6, 6.07) is 16.7. The zero-order valence-electron chi connectivity index (χ0n) is 37.1. The average molecular weight is 896 g/mol. The Balaban J connectivity index is 0.697. The van der Waals surface area contributed by atoms with Crippen molar-refractivity contribution in [2.75, 3.05) is 54.4 Å². The highest BCUT2D eigenvalue weighted by molar-refractivity contribution is 6.05. The highest BCUT2D eigenvalue weighted by atomic mass is 19.1. The van der Waals surface area contributed by atoms with Crippen molar-refractivity contribution in [2.24, 2.45) is 5.41 Å². The molecule has 4 fully saturated rings. The second-order valence-corrected chi connectivity index (χ2v) is 19.3. The highest BCUT2D eigenvalue weighted by Gasteiger charge is 2.44. The number of aromatic nitrogens is 5. The number of benzene rings is 2. The van der Waals surface area contributed by atoms with Gasteiger partial charge in [0.15, 0.2) is 11.5 Å². The number of allylic oxidation sites excluding steroid dienone is 2. The number of imide groups is 1. The maximum absolute atomic E-state index is 15.6. The summed E-state index contributed by atoms with van der Waals surface area (Å²) in [6.07, 6.45) is 12.4. The quantitative estimate of drug-likeness (QED) is 0.152. The molecule has 0 radical (unpaired) electrons. The lowest BCUT2D eigenvalue weighted by atomic mass is 9.77. The molecule has 0 saturated carbocycles. The van der Waals surface area contributed by atoms with E-state index in [0.717, 1.165) is 88.3 Å². The molecule has 2 atom stereocenters. The molecule has 2 aromatic carbocycles. The Kier molecular flexibility index (Phi) is 10.5. The monoisotopic (exact) mass is 895 g/mol. The molecule has 2 bridgehead atoms. The third-order valence-electron chi connectivity index (χ3n) is 15.1. The van der Waals surface area contributed by atoms with Crippen molar-refractivity contribution in [3.8, 4) is 5.82 Å². The summed E-state index contributed by atoms with van der Waals surface area (Å²) < 4.78 is 19.0. The number of pyridine rings is 1. The lowest BCUT2D eigenvalue weighted by molar-refractivity contribution is -0.136. The van der Waals surface area contributed by atoms with E-state index >= 15 is 4.39 Å². The van der Waals surface area contributed by atoms with Crippen LogP contribution in [0.1, 0.15) is 86.3 Å². The van der Waals surface area contributed by atoms with Crippen molar-refractivity contribution in [1.29, 1.82) is 0 Å². The standard InChI is InChI=1S/C49H54FN11O5/c1-48(66)16-3-2-4-20-60-46(65)36-28-51-47(55-43(36)61(60)41-7-5-6-40(48)53-41)52-32-8-10-33(11-9-32)56-21-14-34(15-22-56)58-25-19-49(30-58)17-23-57(24-18-49)39-26-31-29-59(45(64)35(31)27-37(39)50)38-12-13-42(62)54-44(38)63/h2,4-11,26-28,34,38,66H,3,12-25,29-30H2,1H3,(H,51,52,55)(H,54,62,63)/b4-2-/t38?,48-/m1/s1. The SMILES string of the molecule is C[C@@]1(O)CC/C=C\Cn2c(=O)c3cnc(Nc4ccc(N5CCC(N6CCC7(CCN(c8cc9c(cc8F)C(=O)N(C8CCC(=O)NC8=O)C9)CC7)C6)CC5)cc4)nc3n2-c2cccc1n2. The molecule has 3 amide bonds. The van der Waals surface area contributed by atoms with Crippen molar-refractivity contribution in [3.63, 3.8) is 0 Å². The summed E-state index contributed by atoms with van der Waals surface area (Å²) in [7, 11) is 0. The normalized spacial score (nSPS) is 24.1. The number of hydrogen-bond donors (Lipinski definition) is 3. The van der Waals surface area contributed by atoms with Gasteiger partial charge in [0, 0.05) is 74.9 Å². The lowest BCUT2D eigenvalue weighted by Crippen LogP contribution is -2.52. The molecule has 5 aromatic rings. The summed E-state index contributed by atoms with van der Waals surface area (Å²) in [6.45, 7) is 7.89. The molecule has 0 aliphatic carbocycles. The predicted molar refractivity (Wildman–Crippen MR) is 246 cm³/mol. The van der Waals surface area contributed by atoms with E-state index in [1.165, 1.54) is 11.0 Å². The maximum Gasteiger partial charge on any atom is 0.278 e. The Labute approximate surface area is 381 Å². The molecule has 1 unspecified atom stereocenters. The van der Waals surface area contributed by atoms with E-state index in [1.807, 2.05) is 36.4 Å². The van der Waals surface area contributed by atoms with Crippen LogP contribution >= 0.6 is 0 Å². The van der Waals surface area contributed by atoms with Gasteiger partial charge in [0.2, 0.25) is 17.8 Å². The molecule has 6 aliphatic heterocycles. The van der Waals surface area contributed by atoms with E-state index in [2.05, 4.69) is 42.5 Å². The fourth-order valence-electron chi connectivity index (χ4n) is 11.2. The van der Waals surface area contributed by atoms with Crippen molar-refractivity contribution in [2.45, 2.75) is 95.5 Å². The predicted octanol–water partition coefficient (Wildman–Crippen LogP) is 5.14. The van der Waals surface area contributed by atoms with E-state index in [9.17, 15) is 24.3 Å². The first-order valence-corrected chi connectivity index (χ1v) is 23.3. The number of carbonyl (C=O) groups is 3. The van der Waals surface area contributed by atoms with Gasteiger partial charge in [-0.05, 0) is 124 Å². The van der Waals surface area contributed by atoms with E-state index in [4.69, 9.17) is 9.97 Å². The third-order valence-corrected chi connectivity index (χ3v) is 15.1. The smallest absolute Gasteiger partial charge is 0.278 e. The van der Waals surface area contributed by atoms with Crippen molar-refractivity contribution in [1.82, 2.24) is 39.4 Å². The van der Waals surface area contributed by atoms with E-state index in [0.29, 0.717) is 65.2 Å². The van der Waals surface area contributed by atoms with Crippen LogP contribution in [0.25, 0.3) is 16.9 Å². The summed E-state index contributed by atoms with van der Waals surface area (Å²) in [4.78, 5) is 73.9. The highest BCUT2D eigenvalue weighted by Crippen LogP contribution is 2.44. The van der Waals surface area contributed by atoms with Crippen LogP contribution in [0.2, 0.25) is 0 Å². The van der Waals surface area contributed by atoms with Gasteiger partial charge in [-0.15, -0.1) is 0 Å². The summed E-state index contributed by atoms with van der Waals surface area (Å²) in [5.41, 5.74) is 3.36. The molecular weight excluding hydrogens is 842 g/mol. The molecule has 11 rings (SSSR count). The molecule has 66 heavy (non-hydrogen) atoms. The van der Waals surface area contributed by atoms with Crippen molar-refractivity contribution in [3.05, 3.63) is 106 Å². The van der Waals surface area contributed by atoms with Gasteiger partial charge in [0.05, 0.1) is 17.9 Å². The molecule has 17 heteroatoms. The summed E-state index contributed by atoms with van der Waals surface area (Å²) >= 11 is 0. The van der Waals surface area contributed by atoms with Crippen molar-refractivity contribution >= 4 is 51.8 Å². The number of aliphatic hydroxyl groups is 1. The van der Waals surface area contributed by atoms with Crippen LogP contribution in [0.15, 0.2) is 77.7 Å². The molecule has 6 aliphatic rings. The number of halogens is 1. The molecule has 1 spiro atoms. The van der Waals surface area contributed by atoms with Gasteiger partial charge >= 0.3 is 0 Å². The van der Waals surface area contributed by atoms with Gasteiger partial charge in [-0.25, -0.2) is 23.7 Å². The molecule has 16 nitrogen and oxygen atoms in total. The fraction of sp³-hybridized carbons (Fsp3) is 0.449. The first kappa shape index (κ1) is 42.2. The minimum absolute atomic E-state index is 0.179. The minimum atomic E-state index is -1.13. The number of amides is 3. The van der Waals surface area contributed by atoms with Gasteiger partial charge in [-0.2, -0.15) is 4.98 Å². The molecular formula is C49H54FN11O5. The lowest BCUT2D eigenvalue weighted by Gasteiger charge is -2.42. The zero-order valence-corrected chi connectivity index (χ0v) is 37.1. The van der Waals surface area contributed by atoms with Gasteiger partial charge < -0.3 is 25.1 Å². The molecule has 4 saturated heterocycles. The van der Waals surface area contributed by atoms with Crippen LogP contribution in [0.3, 0.4) is 0 Å². The topological polar surface area (TPSA) is 174 Å². The van der Waals surface area contributed by atoms with E-state index in [1.54, 1.807) is 34.6 Å². The fourth-order valence-corrected chi connectivity index (χ4v) is 11.2. The number of nitrogens with one attached hydrogen (secondary N) is 2. The first-order valence-electron chi connectivity index (χ1n) is 23.3. The second kappa shape index (κ2) is 16.5. The number of fused-ring (bicyclic) bond motifs is 7. The number of rotatable bonds is 6. The van der Waals surface area contributed by atoms with E-state index < -0.39 is 23.4 Å². The van der Waals surface area contributed by atoms with Crippen LogP contribution in [-0.4, -0.2) is 108 Å². The molecule has 342 valence electrons. The Morgan fingerprint density at radius 1 is 0.879 bits per heavy atom. The number of likely N-dealkylation sites (tertiary alicyclic amines) is 1. The molecule has 3 aromatic heterocycles. The van der Waals surface area contributed by atoms with Gasteiger partial charge in [0.1, 0.15) is 22.8 Å². The molecule has 9 heterocycles. The van der Waals surface area contributed by atoms with Gasteiger partial charge in [0.25, 0.3) is 11.5 Å². The van der Waals surface area contributed by atoms with Gasteiger partial charge in [-0.3, -0.25) is 29.4 Å².